The Morgan fingerprint density at radius 2 is 1.97 bits per heavy atom. The minimum absolute atomic E-state index is 0.0490. The van der Waals surface area contributed by atoms with Gasteiger partial charge in [-0.3, -0.25) is 4.79 Å². The van der Waals surface area contributed by atoms with E-state index < -0.39 is 17.1 Å². The van der Waals surface area contributed by atoms with Crippen LogP contribution in [0.3, 0.4) is 0 Å². The molecule has 3 aromatic rings. The van der Waals surface area contributed by atoms with Gasteiger partial charge in [0, 0.05) is 39.7 Å². The van der Waals surface area contributed by atoms with E-state index in [1.165, 1.54) is 24.3 Å². The molecule has 162 valence electrons. The minimum atomic E-state index is -1.09. The Morgan fingerprint density at radius 3 is 2.61 bits per heavy atom. The number of likely N-dealkylation sites (N-methyl/N-ethyl adjacent to an activating group) is 1. The molecular weight excluding hydrogens is 470 g/mol. The smallest absolute Gasteiger partial charge is 0.335 e. The van der Waals surface area contributed by atoms with Crippen LogP contribution < -0.4 is 5.43 Å². The summed E-state index contributed by atoms with van der Waals surface area (Å²) < 4.78 is 6.46. The minimum Gasteiger partial charge on any atom is -0.507 e. The zero-order chi connectivity index (χ0) is 22.4. The lowest BCUT2D eigenvalue weighted by atomic mass is 9.89. The Morgan fingerprint density at radius 1 is 1.23 bits per heavy atom. The molecule has 1 aromatic heterocycles. The molecule has 31 heavy (non-hydrogen) atoms. The van der Waals surface area contributed by atoms with Crippen LogP contribution in [0.2, 0.25) is 0 Å². The van der Waals surface area contributed by atoms with Crippen LogP contribution in [-0.4, -0.2) is 57.5 Å². The number of phenols is 2. The summed E-state index contributed by atoms with van der Waals surface area (Å²) >= 11 is 3.32. The Hall–Kier alpha value is -2.88. The van der Waals surface area contributed by atoms with Crippen molar-refractivity contribution in [1.29, 1.82) is 0 Å². The molecule has 2 heterocycles. The highest BCUT2D eigenvalue weighted by atomic mass is 79.9. The lowest BCUT2D eigenvalue weighted by molar-refractivity contribution is 0.0696. The lowest BCUT2D eigenvalue weighted by Gasteiger charge is -2.24. The van der Waals surface area contributed by atoms with Crippen molar-refractivity contribution in [1.82, 2.24) is 4.90 Å². The largest absolute Gasteiger partial charge is 0.507 e. The SMILES string of the molecule is CN1CC[C@@H](c2c(O)cc(O)c3c(=O)cc(-c4ccc(C(=O)O)cc4Br)oc23)[C@@H]1CO. The van der Waals surface area contributed by atoms with Crippen molar-refractivity contribution in [2.45, 2.75) is 18.4 Å². The average Bonchev–Trinajstić information content (AvgIpc) is 3.07. The van der Waals surface area contributed by atoms with Crippen LogP contribution in [0, 0.1) is 0 Å². The van der Waals surface area contributed by atoms with Gasteiger partial charge in [0.15, 0.2) is 5.43 Å². The van der Waals surface area contributed by atoms with Gasteiger partial charge >= 0.3 is 5.97 Å². The Bertz CT molecular complexity index is 1250. The summed E-state index contributed by atoms with van der Waals surface area (Å²) in [4.78, 5) is 26.1. The summed E-state index contributed by atoms with van der Waals surface area (Å²) in [5, 5.41) is 40.0. The van der Waals surface area contributed by atoms with E-state index in [0.717, 1.165) is 6.07 Å². The molecule has 1 aliphatic heterocycles. The van der Waals surface area contributed by atoms with Crippen LogP contribution >= 0.6 is 15.9 Å². The first-order valence-electron chi connectivity index (χ1n) is 9.60. The third-order valence-electron chi connectivity index (χ3n) is 5.86. The predicted octanol–water partition coefficient (Wildman–Crippen LogP) is 3.11. The molecule has 1 fully saturated rings. The monoisotopic (exact) mass is 489 g/mol. The standard InChI is InChI=1S/C22H20BrNO7/c1-24-5-4-12(14(24)9-25)19-15(26)7-16(27)20-17(28)8-18(31-21(19)20)11-3-2-10(22(29)30)6-13(11)23/h2-3,6-8,12,14,25-27H,4-5,9H2,1H3,(H,29,30)/t12-,14+/m1/s1. The number of aliphatic hydroxyl groups excluding tert-OH is 1. The summed E-state index contributed by atoms with van der Waals surface area (Å²) in [6, 6.07) is 6.36. The first-order valence-corrected chi connectivity index (χ1v) is 10.4. The summed E-state index contributed by atoms with van der Waals surface area (Å²) in [6.07, 6.45) is 0.625. The van der Waals surface area contributed by atoms with E-state index >= 15 is 0 Å². The van der Waals surface area contributed by atoms with Gasteiger partial charge in [-0.2, -0.15) is 0 Å². The number of benzene rings is 2. The summed E-state index contributed by atoms with van der Waals surface area (Å²) in [5.41, 5.74) is 0.409. The van der Waals surface area contributed by atoms with Crippen molar-refractivity contribution in [3.63, 3.8) is 0 Å². The molecule has 0 spiro atoms. The number of aromatic carboxylic acids is 1. The van der Waals surface area contributed by atoms with E-state index in [2.05, 4.69) is 15.9 Å². The molecule has 4 rings (SSSR count). The van der Waals surface area contributed by atoms with Gasteiger partial charge in [-0.25, -0.2) is 4.79 Å². The maximum absolute atomic E-state index is 12.9. The number of hydrogen-bond acceptors (Lipinski definition) is 7. The fourth-order valence-electron chi connectivity index (χ4n) is 4.27. The van der Waals surface area contributed by atoms with E-state index in [1.807, 2.05) is 11.9 Å². The Kier molecular flexibility index (Phi) is 5.50. The number of fused-ring (bicyclic) bond motifs is 1. The zero-order valence-corrected chi connectivity index (χ0v) is 18.1. The predicted molar refractivity (Wildman–Crippen MR) is 117 cm³/mol. The molecule has 0 aliphatic carbocycles. The zero-order valence-electron chi connectivity index (χ0n) is 16.5. The van der Waals surface area contributed by atoms with E-state index in [9.17, 15) is 30.0 Å². The molecule has 4 N–H and O–H groups in total. The summed E-state index contributed by atoms with van der Waals surface area (Å²) in [6.45, 7) is 0.541. The van der Waals surface area contributed by atoms with Gasteiger partial charge in [-0.05, 0) is 38.2 Å². The van der Waals surface area contributed by atoms with E-state index in [0.29, 0.717) is 28.6 Å². The van der Waals surface area contributed by atoms with Gasteiger partial charge in [0.1, 0.15) is 28.2 Å². The third kappa shape index (κ3) is 3.58. The van der Waals surface area contributed by atoms with Crippen LogP contribution in [0.15, 0.2) is 44.0 Å². The number of carbonyl (C=O) groups is 1. The number of carboxylic acid groups (broad SMARTS) is 1. The number of rotatable bonds is 4. The highest BCUT2D eigenvalue weighted by Gasteiger charge is 2.36. The topological polar surface area (TPSA) is 131 Å². The molecule has 0 unspecified atom stereocenters. The summed E-state index contributed by atoms with van der Waals surface area (Å²) in [7, 11) is 1.86. The van der Waals surface area contributed by atoms with Gasteiger partial charge in [0.2, 0.25) is 0 Å². The molecule has 0 radical (unpaired) electrons. The fourth-order valence-corrected chi connectivity index (χ4v) is 4.85. The van der Waals surface area contributed by atoms with Crippen LogP contribution in [0.25, 0.3) is 22.3 Å². The molecule has 0 amide bonds. The van der Waals surface area contributed by atoms with Gasteiger partial charge in [0.25, 0.3) is 0 Å². The highest BCUT2D eigenvalue weighted by Crippen LogP contribution is 2.44. The normalized spacial score (nSPS) is 19.2. The number of carboxylic acids is 1. The molecule has 1 saturated heterocycles. The number of likely N-dealkylation sites (tertiary alicyclic amines) is 1. The first-order chi connectivity index (χ1) is 14.7. The van der Waals surface area contributed by atoms with Crippen molar-refractivity contribution in [2.75, 3.05) is 20.2 Å². The molecule has 0 saturated carbocycles. The van der Waals surface area contributed by atoms with Crippen LogP contribution in [0.5, 0.6) is 11.5 Å². The van der Waals surface area contributed by atoms with E-state index in [-0.39, 0.29) is 46.6 Å². The number of aliphatic hydroxyl groups is 1. The maximum atomic E-state index is 12.9. The summed E-state index contributed by atoms with van der Waals surface area (Å²) in [5.74, 6) is -1.87. The van der Waals surface area contributed by atoms with Gasteiger partial charge < -0.3 is 29.7 Å². The Balaban J connectivity index is 1.98. The van der Waals surface area contributed by atoms with Crippen LogP contribution in [0.4, 0.5) is 0 Å². The molecule has 0 bridgehead atoms. The van der Waals surface area contributed by atoms with Gasteiger partial charge in [0.05, 0.1) is 12.2 Å². The average molecular weight is 490 g/mol. The second-order valence-corrected chi connectivity index (χ2v) is 8.49. The van der Waals surface area contributed by atoms with Gasteiger partial charge in [-0.1, -0.05) is 15.9 Å². The quantitative estimate of drug-likeness (QED) is 0.439. The molecule has 8 nitrogen and oxygen atoms in total. The van der Waals surface area contributed by atoms with E-state index in [1.54, 1.807) is 0 Å². The van der Waals surface area contributed by atoms with Crippen molar-refractivity contribution >= 4 is 32.9 Å². The van der Waals surface area contributed by atoms with Crippen LogP contribution in [-0.2, 0) is 0 Å². The van der Waals surface area contributed by atoms with E-state index in [4.69, 9.17) is 4.42 Å². The molecule has 2 atom stereocenters. The maximum Gasteiger partial charge on any atom is 0.335 e. The van der Waals surface area contributed by atoms with Crippen molar-refractivity contribution in [3.05, 3.63) is 56.2 Å². The second-order valence-electron chi connectivity index (χ2n) is 7.63. The van der Waals surface area contributed by atoms with Crippen molar-refractivity contribution in [3.8, 4) is 22.8 Å². The number of phenolic OH excluding ortho intramolecular Hbond substituents is 2. The first kappa shape index (κ1) is 21.4. The highest BCUT2D eigenvalue weighted by molar-refractivity contribution is 9.10. The third-order valence-corrected chi connectivity index (χ3v) is 6.52. The molecular formula is C22H20BrNO7. The van der Waals surface area contributed by atoms with Gasteiger partial charge in [-0.15, -0.1) is 0 Å². The number of aromatic hydroxyl groups is 2. The molecule has 1 aliphatic rings. The number of nitrogens with zero attached hydrogens (tertiary/aromatic N) is 1. The fraction of sp³-hybridized carbons (Fsp3) is 0.273. The lowest BCUT2D eigenvalue weighted by Crippen LogP contribution is -2.32. The number of halogens is 1. The van der Waals surface area contributed by atoms with Crippen LogP contribution in [0.1, 0.15) is 28.3 Å². The Labute approximate surface area is 185 Å². The molecule has 2 aromatic carbocycles. The van der Waals surface area contributed by atoms with Crippen molar-refractivity contribution in [2.24, 2.45) is 0 Å². The van der Waals surface area contributed by atoms with Crippen molar-refractivity contribution < 1.29 is 29.6 Å². The number of hydrogen-bond donors (Lipinski definition) is 4. The second kappa shape index (κ2) is 7.99. The molecule has 9 heteroatoms.